The molecule has 6 nitrogen and oxygen atoms in total. The molecule has 0 aromatic heterocycles. The van der Waals surface area contributed by atoms with Gasteiger partial charge in [-0.3, -0.25) is 4.79 Å². The number of carboxylic acids is 1. The van der Waals surface area contributed by atoms with E-state index >= 15 is 0 Å². The maximum absolute atomic E-state index is 10.6. The van der Waals surface area contributed by atoms with Gasteiger partial charge in [0.15, 0.2) is 0 Å². The zero-order valence-corrected chi connectivity index (χ0v) is 12.0. The zero-order valence-electron chi connectivity index (χ0n) is 12.0. The Bertz CT molecular complexity index is 537. The number of hydrogen-bond donors (Lipinski definition) is 1. The smallest absolute Gasteiger partial charge is 0.303 e. The molecule has 1 aromatic carbocycles. The Kier molecular flexibility index (Phi) is 5.87. The molecule has 1 unspecified atom stereocenters. The van der Waals surface area contributed by atoms with E-state index in [9.17, 15) is 4.79 Å². The summed E-state index contributed by atoms with van der Waals surface area (Å²) in [6.07, 6.45) is 0.995. The SMILES string of the molecule is COc1c(C)cc(C)cc1C(CCCC(=O)O)N=[N+]=[N-]. The number of nitrogens with zero attached hydrogens (tertiary/aromatic N) is 3. The van der Waals surface area contributed by atoms with Crippen molar-refractivity contribution in [3.63, 3.8) is 0 Å². The molecule has 0 aliphatic heterocycles. The van der Waals surface area contributed by atoms with Gasteiger partial charge >= 0.3 is 5.97 Å². The number of carboxylic acid groups (broad SMARTS) is 1. The molecule has 0 heterocycles. The van der Waals surface area contributed by atoms with E-state index in [1.54, 1.807) is 7.11 Å². The normalized spacial score (nSPS) is 11.6. The summed E-state index contributed by atoms with van der Waals surface area (Å²) in [7, 11) is 1.57. The van der Waals surface area contributed by atoms with Gasteiger partial charge in [0.05, 0.1) is 13.2 Å². The van der Waals surface area contributed by atoms with Gasteiger partial charge in [0.25, 0.3) is 0 Å². The van der Waals surface area contributed by atoms with Crippen LogP contribution < -0.4 is 4.74 Å². The summed E-state index contributed by atoms with van der Waals surface area (Å²) in [4.78, 5) is 13.4. The van der Waals surface area contributed by atoms with Crippen LogP contribution in [0.3, 0.4) is 0 Å². The van der Waals surface area contributed by atoms with Crippen LogP contribution in [-0.4, -0.2) is 18.2 Å². The minimum atomic E-state index is -0.850. The molecule has 0 amide bonds. The second kappa shape index (κ2) is 7.40. The van der Waals surface area contributed by atoms with Gasteiger partial charge in [0, 0.05) is 16.9 Å². The fourth-order valence-corrected chi connectivity index (χ4v) is 2.30. The van der Waals surface area contributed by atoms with Crippen molar-refractivity contribution in [2.75, 3.05) is 7.11 Å². The van der Waals surface area contributed by atoms with Crippen molar-refractivity contribution >= 4 is 5.97 Å². The van der Waals surface area contributed by atoms with Crippen molar-refractivity contribution in [3.05, 3.63) is 39.3 Å². The quantitative estimate of drug-likeness (QED) is 0.464. The Morgan fingerprint density at radius 1 is 1.50 bits per heavy atom. The molecule has 0 radical (unpaired) electrons. The van der Waals surface area contributed by atoms with Crippen LogP contribution in [0.2, 0.25) is 0 Å². The zero-order chi connectivity index (χ0) is 15.1. The molecule has 0 aliphatic carbocycles. The summed E-state index contributed by atoms with van der Waals surface area (Å²) in [6.45, 7) is 3.89. The van der Waals surface area contributed by atoms with E-state index in [0.29, 0.717) is 18.6 Å². The third-order valence-corrected chi connectivity index (χ3v) is 3.07. The average Bonchev–Trinajstić information content (AvgIpc) is 2.36. The number of carbonyl (C=O) groups is 1. The first-order valence-corrected chi connectivity index (χ1v) is 6.40. The molecule has 20 heavy (non-hydrogen) atoms. The van der Waals surface area contributed by atoms with Gasteiger partial charge in [0.2, 0.25) is 0 Å². The Morgan fingerprint density at radius 3 is 2.75 bits per heavy atom. The predicted octanol–water partition coefficient (Wildman–Crippen LogP) is 3.92. The minimum absolute atomic E-state index is 0.0601. The highest BCUT2D eigenvalue weighted by atomic mass is 16.5. The highest BCUT2D eigenvalue weighted by Crippen LogP contribution is 2.35. The molecule has 0 saturated carbocycles. The number of aryl methyl sites for hydroxylation is 2. The summed E-state index contributed by atoms with van der Waals surface area (Å²) >= 11 is 0. The molecule has 1 rings (SSSR count). The standard InChI is InChI=1S/C14H19N3O3/c1-9-7-10(2)14(20-3)11(8-9)12(16-17-15)5-4-6-13(18)19/h7-8,12H,4-6H2,1-3H3,(H,18,19). The van der Waals surface area contributed by atoms with Crippen molar-refractivity contribution in [2.45, 2.75) is 39.2 Å². The van der Waals surface area contributed by atoms with Gasteiger partial charge in [-0.1, -0.05) is 22.8 Å². The van der Waals surface area contributed by atoms with E-state index in [1.165, 1.54) is 0 Å². The van der Waals surface area contributed by atoms with Crippen LogP contribution in [0.4, 0.5) is 0 Å². The van der Waals surface area contributed by atoms with Gasteiger partial charge in [0.1, 0.15) is 5.75 Å². The van der Waals surface area contributed by atoms with Gasteiger partial charge in [-0.15, -0.1) is 0 Å². The molecule has 0 bridgehead atoms. The summed E-state index contributed by atoms with van der Waals surface area (Å²) in [5.41, 5.74) is 11.5. The van der Waals surface area contributed by atoms with E-state index in [0.717, 1.165) is 16.7 Å². The molecule has 6 heteroatoms. The third kappa shape index (κ3) is 4.17. The monoisotopic (exact) mass is 277 g/mol. The van der Waals surface area contributed by atoms with E-state index in [-0.39, 0.29) is 6.42 Å². The topological polar surface area (TPSA) is 95.3 Å². The highest BCUT2D eigenvalue weighted by Gasteiger charge is 2.17. The van der Waals surface area contributed by atoms with E-state index in [2.05, 4.69) is 10.0 Å². The second-order valence-electron chi connectivity index (χ2n) is 4.71. The molecular weight excluding hydrogens is 258 g/mol. The van der Waals surface area contributed by atoms with E-state index in [4.69, 9.17) is 15.4 Å². The molecule has 0 saturated heterocycles. The second-order valence-corrected chi connectivity index (χ2v) is 4.71. The molecule has 0 aliphatic rings. The lowest BCUT2D eigenvalue weighted by Crippen LogP contribution is -2.03. The summed E-state index contributed by atoms with van der Waals surface area (Å²) in [6, 6.07) is 3.51. The number of rotatable bonds is 7. The first kappa shape index (κ1) is 15.9. The average molecular weight is 277 g/mol. The van der Waals surface area contributed by atoms with Crippen LogP contribution in [0.5, 0.6) is 5.75 Å². The Labute approximate surface area is 118 Å². The lowest BCUT2D eigenvalue weighted by molar-refractivity contribution is -0.137. The first-order valence-electron chi connectivity index (χ1n) is 6.40. The van der Waals surface area contributed by atoms with Gasteiger partial charge in [-0.2, -0.15) is 0 Å². The fraction of sp³-hybridized carbons (Fsp3) is 0.500. The first-order chi connectivity index (χ1) is 9.49. The predicted molar refractivity (Wildman–Crippen MR) is 75.8 cm³/mol. The van der Waals surface area contributed by atoms with Crippen molar-refractivity contribution < 1.29 is 14.6 Å². The van der Waals surface area contributed by atoms with Crippen LogP contribution in [0.15, 0.2) is 17.2 Å². The van der Waals surface area contributed by atoms with Gasteiger partial charge in [-0.25, -0.2) is 0 Å². The van der Waals surface area contributed by atoms with Crippen LogP contribution >= 0.6 is 0 Å². The molecule has 1 atom stereocenters. The molecular formula is C14H19N3O3. The maximum atomic E-state index is 10.6. The highest BCUT2D eigenvalue weighted by molar-refractivity contribution is 5.66. The fourth-order valence-electron chi connectivity index (χ4n) is 2.30. The largest absolute Gasteiger partial charge is 0.496 e. The number of benzene rings is 1. The maximum Gasteiger partial charge on any atom is 0.303 e. The van der Waals surface area contributed by atoms with Crippen molar-refractivity contribution in [1.82, 2.24) is 0 Å². The summed E-state index contributed by atoms with van der Waals surface area (Å²) in [5.74, 6) is -0.152. The number of methoxy groups -OCH3 is 1. The van der Waals surface area contributed by atoms with Gasteiger partial charge < -0.3 is 9.84 Å². The van der Waals surface area contributed by atoms with E-state index < -0.39 is 12.0 Å². The minimum Gasteiger partial charge on any atom is -0.496 e. The summed E-state index contributed by atoms with van der Waals surface area (Å²) in [5, 5.41) is 12.5. The van der Waals surface area contributed by atoms with Crippen LogP contribution in [-0.2, 0) is 4.79 Å². The Hall–Kier alpha value is -2.20. The van der Waals surface area contributed by atoms with Crippen LogP contribution in [0, 0.1) is 13.8 Å². The molecule has 1 N–H and O–H groups in total. The van der Waals surface area contributed by atoms with Gasteiger partial charge in [-0.05, 0) is 37.8 Å². The molecule has 0 fully saturated rings. The number of azide groups is 1. The van der Waals surface area contributed by atoms with E-state index in [1.807, 2.05) is 26.0 Å². The molecule has 108 valence electrons. The van der Waals surface area contributed by atoms with Crippen molar-refractivity contribution in [1.29, 1.82) is 0 Å². The lowest BCUT2D eigenvalue weighted by atomic mass is 9.96. The number of hydrogen-bond acceptors (Lipinski definition) is 3. The third-order valence-electron chi connectivity index (χ3n) is 3.07. The van der Waals surface area contributed by atoms with Crippen molar-refractivity contribution in [2.24, 2.45) is 5.11 Å². The number of aliphatic carboxylic acids is 1. The molecule has 0 spiro atoms. The Balaban J connectivity index is 3.07. The van der Waals surface area contributed by atoms with Crippen LogP contribution in [0.1, 0.15) is 42.0 Å². The summed E-state index contributed by atoms with van der Waals surface area (Å²) < 4.78 is 5.39. The van der Waals surface area contributed by atoms with Crippen LogP contribution in [0.25, 0.3) is 10.4 Å². The lowest BCUT2D eigenvalue weighted by Gasteiger charge is -2.18. The van der Waals surface area contributed by atoms with Crippen molar-refractivity contribution in [3.8, 4) is 5.75 Å². The molecule has 1 aromatic rings. The Morgan fingerprint density at radius 2 is 2.20 bits per heavy atom. The number of ether oxygens (including phenoxy) is 1.